The Morgan fingerprint density at radius 3 is 3.17 bits per heavy atom. The minimum atomic E-state index is 0.601. The van der Waals surface area contributed by atoms with Crippen LogP contribution in [0.4, 0.5) is 0 Å². The Morgan fingerprint density at radius 1 is 1.67 bits per heavy atom. The van der Waals surface area contributed by atoms with E-state index in [1.165, 1.54) is 25.6 Å². The standard InChI is InChI=1S/C10H20BO/c1-3-4-5-10-9(7-12)8(2)6-11-10/h8-10,12H,3-7H2,1-2H3/i12D. The van der Waals surface area contributed by atoms with Gasteiger partial charge in [-0.25, -0.2) is 0 Å². The highest BCUT2D eigenvalue weighted by Crippen LogP contribution is 2.39. The number of hydrogen-bond acceptors (Lipinski definition) is 1. The molecule has 1 N–H and O–H groups in total. The maximum atomic E-state index is 6.81. The first-order valence-electron chi connectivity index (χ1n) is 5.61. The van der Waals surface area contributed by atoms with Crippen LogP contribution in [0, 0.1) is 11.8 Å². The zero-order chi connectivity index (χ0) is 9.68. The Kier molecular flexibility index (Phi) is 3.52. The van der Waals surface area contributed by atoms with Crippen LogP contribution in [0.2, 0.25) is 12.1 Å². The van der Waals surface area contributed by atoms with Crippen molar-refractivity contribution in [2.75, 3.05) is 6.61 Å². The predicted octanol–water partition coefficient (Wildman–Crippen LogP) is 2.35. The number of hydrogen-bond donors (Lipinski definition) is 1. The van der Waals surface area contributed by atoms with Crippen molar-refractivity contribution in [3.63, 3.8) is 0 Å². The molecule has 12 heavy (non-hydrogen) atoms. The van der Waals surface area contributed by atoms with E-state index in [0.717, 1.165) is 0 Å². The number of aliphatic hydroxyl groups excluding tert-OH is 1. The van der Waals surface area contributed by atoms with Gasteiger partial charge in [0.25, 0.3) is 0 Å². The molecule has 3 unspecified atom stereocenters. The highest BCUT2D eigenvalue weighted by atomic mass is 16.3. The molecule has 0 amide bonds. The second kappa shape index (κ2) is 4.91. The van der Waals surface area contributed by atoms with Gasteiger partial charge in [0.1, 0.15) is 7.28 Å². The summed E-state index contributed by atoms with van der Waals surface area (Å²) < 4.78 is 6.81. The van der Waals surface area contributed by atoms with Crippen LogP contribution in [0.5, 0.6) is 0 Å². The third kappa shape index (κ3) is 2.26. The SMILES string of the molecule is [2H]OCC1C(C)C[B]C1CCCC. The molecule has 1 rings (SSSR count). The molecule has 0 saturated carbocycles. The summed E-state index contributed by atoms with van der Waals surface area (Å²) in [6.45, 7) is 5.12. The lowest BCUT2D eigenvalue weighted by Gasteiger charge is -2.20. The summed E-state index contributed by atoms with van der Waals surface area (Å²) in [7, 11) is 2.43. The third-order valence-corrected chi connectivity index (χ3v) is 3.17. The molecule has 1 radical (unpaired) electrons. The maximum absolute atomic E-state index is 6.81. The molecule has 1 aliphatic heterocycles. The molecular weight excluding hydrogens is 147 g/mol. The summed E-state index contributed by atoms with van der Waals surface area (Å²) in [6.07, 6.45) is 5.08. The van der Waals surface area contributed by atoms with E-state index in [0.29, 0.717) is 24.3 Å². The zero-order valence-electron chi connectivity index (χ0n) is 9.25. The van der Waals surface area contributed by atoms with Gasteiger partial charge in [0.05, 0.1) is 0 Å². The first kappa shape index (κ1) is 8.62. The molecule has 0 spiro atoms. The van der Waals surface area contributed by atoms with Crippen LogP contribution >= 0.6 is 0 Å². The van der Waals surface area contributed by atoms with Gasteiger partial charge in [0.2, 0.25) is 1.43 Å². The predicted molar refractivity (Wildman–Crippen MR) is 53.6 cm³/mol. The monoisotopic (exact) mass is 168 g/mol. The van der Waals surface area contributed by atoms with Crippen molar-refractivity contribution in [1.29, 1.82) is 1.43 Å². The fourth-order valence-corrected chi connectivity index (χ4v) is 2.22. The highest BCUT2D eigenvalue weighted by Gasteiger charge is 2.32. The van der Waals surface area contributed by atoms with Crippen LogP contribution < -0.4 is 0 Å². The second-order valence-electron chi connectivity index (χ2n) is 4.09. The van der Waals surface area contributed by atoms with Crippen molar-refractivity contribution in [1.82, 2.24) is 0 Å². The average molecular weight is 168 g/mol. The van der Waals surface area contributed by atoms with E-state index in [2.05, 4.69) is 26.2 Å². The van der Waals surface area contributed by atoms with Gasteiger partial charge >= 0.3 is 0 Å². The fraction of sp³-hybridized carbons (Fsp3) is 1.00. The van der Waals surface area contributed by atoms with Crippen LogP contribution in [0.15, 0.2) is 0 Å². The molecule has 1 aliphatic rings. The normalized spacial score (nSPS) is 36.2. The van der Waals surface area contributed by atoms with Crippen molar-refractivity contribution in [2.45, 2.75) is 45.2 Å². The van der Waals surface area contributed by atoms with Gasteiger partial charge in [-0.05, 0) is 11.8 Å². The molecule has 1 fully saturated rings. The van der Waals surface area contributed by atoms with Crippen molar-refractivity contribution >= 4 is 7.28 Å². The molecule has 1 saturated heterocycles. The minimum Gasteiger partial charge on any atom is -0.396 e. The average Bonchev–Trinajstić information content (AvgIpc) is 2.46. The number of rotatable bonds is 5. The first-order valence-corrected chi connectivity index (χ1v) is 5.21. The van der Waals surface area contributed by atoms with E-state index in [1.807, 2.05) is 0 Å². The van der Waals surface area contributed by atoms with Crippen LogP contribution in [0.1, 0.15) is 33.1 Å². The van der Waals surface area contributed by atoms with Gasteiger partial charge in [-0.3, -0.25) is 0 Å². The first-order chi connectivity index (χ1) is 6.29. The van der Waals surface area contributed by atoms with Gasteiger partial charge in [0, 0.05) is 6.61 Å². The van der Waals surface area contributed by atoms with Gasteiger partial charge in [-0.2, -0.15) is 0 Å². The van der Waals surface area contributed by atoms with Gasteiger partial charge in [-0.1, -0.05) is 45.2 Å². The summed E-state index contributed by atoms with van der Waals surface area (Å²) in [5.41, 5.74) is 0. The Labute approximate surface area is 78.3 Å². The van der Waals surface area contributed by atoms with E-state index in [9.17, 15) is 0 Å². The molecule has 1 nitrogen and oxygen atoms in total. The van der Waals surface area contributed by atoms with Crippen molar-refractivity contribution in [3.8, 4) is 0 Å². The molecule has 69 valence electrons. The topological polar surface area (TPSA) is 20.2 Å². The number of aliphatic hydroxyl groups is 1. The maximum Gasteiger partial charge on any atom is 0.210 e. The summed E-state index contributed by atoms with van der Waals surface area (Å²) in [6, 6.07) is 0. The van der Waals surface area contributed by atoms with Crippen LogP contribution in [-0.4, -0.2) is 20.4 Å². The molecule has 0 aliphatic carbocycles. The van der Waals surface area contributed by atoms with Crippen LogP contribution in [0.3, 0.4) is 0 Å². The smallest absolute Gasteiger partial charge is 0.210 e. The Balaban J connectivity index is 2.34. The van der Waals surface area contributed by atoms with Crippen LogP contribution in [-0.2, 0) is 0 Å². The molecule has 2 heteroatoms. The lowest BCUT2D eigenvalue weighted by molar-refractivity contribution is 0.189. The Morgan fingerprint density at radius 2 is 2.50 bits per heavy atom. The van der Waals surface area contributed by atoms with E-state index in [4.69, 9.17) is 1.43 Å². The van der Waals surface area contributed by atoms with Gasteiger partial charge < -0.3 is 5.11 Å². The molecule has 0 bridgehead atoms. The highest BCUT2D eigenvalue weighted by molar-refractivity contribution is 6.39. The van der Waals surface area contributed by atoms with Crippen molar-refractivity contribution in [3.05, 3.63) is 0 Å². The molecular formula is C10H20BO. The fourth-order valence-electron chi connectivity index (χ4n) is 2.22. The second-order valence-corrected chi connectivity index (χ2v) is 4.09. The van der Waals surface area contributed by atoms with E-state index in [1.54, 1.807) is 0 Å². The molecule has 0 aromatic carbocycles. The molecule has 3 atom stereocenters. The minimum absolute atomic E-state index is 0.601. The molecule has 0 aromatic rings. The quantitative estimate of drug-likeness (QED) is 0.624. The zero-order valence-corrected chi connectivity index (χ0v) is 8.25. The summed E-state index contributed by atoms with van der Waals surface area (Å²) >= 11 is 0. The molecule has 0 aromatic heterocycles. The number of unbranched alkanes of at least 4 members (excludes halogenated alkanes) is 1. The van der Waals surface area contributed by atoms with Crippen molar-refractivity contribution < 1.29 is 5.11 Å². The van der Waals surface area contributed by atoms with E-state index < -0.39 is 0 Å². The summed E-state index contributed by atoms with van der Waals surface area (Å²) in [5, 5.41) is 4.54. The van der Waals surface area contributed by atoms with E-state index in [-0.39, 0.29) is 0 Å². The Bertz CT molecular complexity index is 143. The van der Waals surface area contributed by atoms with E-state index >= 15 is 0 Å². The lowest BCUT2D eigenvalue weighted by atomic mass is 9.63. The van der Waals surface area contributed by atoms with Crippen LogP contribution in [0.25, 0.3) is 0 Å². The summed E-state index contributed by atoms with van der Waals surface area (Å²) in [5.74, 6) is 2.02. The molecule has 1 heterocycles. The van der Waals surface area contributed by atoms with Gasteiger partial charge in [-0.15, -0.1) is 0 Å². The lowest BCUT2D eigenvalue weighted by Crippen LogP contribution is -2.14. The summed E-state index contributed by atoms with van der Waals surface area (Å²) in [4.78, 5) is 0. The largest absolute Gasteiger partial charge is 0.396 e. The third-order valence-electron chi connectivity index (χ3n) is 3.17. The van der Waals surface area contributed by atoms with Gasteiger partial charge in [0.15, 0.2) is 0 Å². The van der Waals surface area contributed by atoms with Crippen molar-refractivity contribution in [2.24, 2.45) is 11.8 Å². The Hall–Kier alpha value is 0.0249.